The number of halogens is 7. The van der Waals surface area contributed by atoms with Gasteiger partial charge in [-0.15, -0.1) is 0 Å². The second-order valence-electron chi connectivity index (χ2n) is 28.0. The molecule has 21 heteroatoms. The van der Waals surface area contributed by atoms with Crippen molar-refractivity contribution in [3.63, 3.8) is 0 Å². The molecule has 6 aromatic carbocycles. The van der Waals surface area contributed by atoms with Crippen molar-refractivity contribution in [1.29, 1.82) is 0 Å². The number of carbonyl (C=O) groups is 3. The predicted molar refractivity (Wildman–Crippen MR) is 398 cm³/mol. The average molecular weight is 1480 g/mol. The summed E-state index contributed by atoms with van der Waals surface area (Å²) in [6.45, 7) is 19.3. The molecule has 6 aliphatic heterocycles. The molecule has 99 heavy (non-hydrogen) atoms. The van der Waals surface area contributed by atoms with E-state index >= 15 is 0 Å². The predicted octanol–water partition coefficient (Wildman–Crippen LogP) is 17.3. The Kier molecular flexibility index (Phi) is 28.8. The summed E-state index contributed by atoms with van der Waals surface area (Å²) in [7, 11) is 0. The molecule has 0 amide bonds. The molecule has 6 aliphatic rings. The molecule has 0 spiro atoms. The van der Waals surface area contributed by atoms with E-state index in [0.29, 0.717) is 48.4 Å². The fraction of sp³-hybridized carbons (Fsp3) is 0.500. The fourth-order valence-electron chi connectivity index (χ4n) is 14.9. The highest BCUT2D eigenvalue weighted by molar-refractivity contribution is 6.43. The number of aliphatic carboxylic acids is 2. The Labute approximate surface area is 615 Å². The molecule has 0 radical (unpaired) electrons. The van der Waals surface area contributed by atoms with Crippen molar-refractivity contribution >= 4 is 87.3 Å². The summed E-state index contributed by atoms with van der Waals surface area (Å²) in [5, 5.41) is 23.0. The number of nitrogens with zero attached hydrogens (tertiary/aromatic N) is 6. The molecule has 0 aliphatic carbocycles. The van der Waals surface area contributed by atoms with Crippen LogP contribution in [0.15, 0.2) is 133 Å². The number of ketones is 1. The van der Waals surface area contributed by atoms with Gasteiger partial charge in [0.1, 0.15) is 53.0 Å². The van der Waals surface area contributed by atoms with Gasteiger partial charge in [0.25, 0.3) is 0 Å². The number of piperidine rings is 6. The lowest BCUT2D eigenvalue weighted by molar-refractivity contribution is -0.151. The molecule has 536 valence electrons. The average Bonchev–Trinajstić information content (AvgIpc) is 0.803. The van der Waals surface area contributed by atoms with Crippen molar-refractivity contribution in [2.45, 2.75) is 134 Å². The summed E-state index contributed by atoms with van der Waals surface area (Å²) in [4.78, 5) is 50.1. The van der Waals surface area contributed by atoms with Crippen LogP contribution in [0.4, 0.5) is 4.39 Å². The summed E-state index contributed by atoms with van der Waals surface area (Å²) in [6.07, 6.45) is 13.5. The lowest BCUT2D eigenvalue weighted by atomic mass is 9.86. The molecule has 12 rings (SSSR count). The smallest absolute Gasteiger partial charge is 0.325 e. The van der Waals surface area contributed by atoms with E-state index in [2.05, 4.69) is 35.5 Å². The Bertz CT molecular complexity index is 3560. The maximum atomic E-state index is 13.3. The normalized spacial score (nSPS) is 20.0. The van der Waals surface area contributed by atoms with E-state index in [1.807, 2.05) is 66.7 Å². The van der Waals surface area contributed by atoms with Crippen molar-refractivity contribution < 1.29 is 44.6 Å². The maximum Gasteiger partial charge on any atom is 0.325 e. The van der Waals surface area contributed by atoms with Crippen LogP contribution in [0.1, 0.15) is 125 Å². The second-order valence-corrected chi connectivity index (χ2v) is 30.4. The van der Waals surface area contributed by atoms with Gasteiger partial charge >= 0.3 is 11.9 Å². The Morgan fingerprint density at radius 1 is 0.475 bits per heavy atom. The monoisotopic (exact) mass is 1470 g/mol. The maximum absolute atomic E-state index is 13.3. The highest BCUT2D eigenvalue weighted by atomic mass is 35.5. The number of ether oxygens (including phenoxy) is 3. The minimum Gasteiger partial charge on any atom is -0.490 e. The van der Waals surface area contributed by atoms with E-state index < -0.39 is 23.5 Å². The molecule has 14 nitrogen and oxygen atoms in total. The molecule has 0 bridgehead atoms. The number of likely N-dealkylation sites (tertiary alicyclic amines) is 6. The minimum atomic E-state index is -0.997. The molecule has 6 heterocycles. The van der Waals surface area contributed by atoms with E-state index in [-0.39, 0.29) is 31.3 Å². The van der Waals surface area contributed by atoms with Gasteiger partial charge in [0.2, 0.25) is 0 Å². The van der Waals surface area contributed by atoms with Gasteiger partial charge in [-0.05, 0) is 219 Å². The number of rotatable bonds is 22. The third-order valence-corrected chi connectivity index (χ3v) is 23.0. The van der Waals surface area contributed by atoms with Gasteiger partial charge in [0, 0.05) is 97.1 Å². The first kappa shape index (κ1) is 76.4. The largest absolute Gasteiger partial charge is 0.490 e. The molecule has 2 N–H and O–H groups in total. The van der Waals surface area contributed by atoms with E-state index in [9.17, 15) is 29.0 Å². The fourth-order valence-corrected chi connectivity index (χ4v) is 15.8. The molecule has 6 saturated heterocycles. The minimum absolute atomic E-state index is 0. The van der Waals surface area contributed by atoms with Gasteiger partial charge in [-0.3, -0.25) is 29.1 Å². The van der Waals surface area contributed by atoms with Crippen LogP contribution in [-0.4, -0.2) is 179 Å². The van der Waals surface area contributed by atoms with Gasteiger partial charge in [-0.2, -0.15) is 0 Å². The van der Waals surface area contributed by atoms with E-state index in [1.165, 1.54) is 37.1 Å². The molecule has 1 unspecified atom stereocenters. The van der Waals surface area contributed by atoms with Gasteiger partial charge in [-0.25, -0.2) is 4.39 Å². The number of hydrogen-bond acceptors (Lipinski definition) is 12. The lowest BCUT2D eigenvalue weighted by Gasteiger charge is -2.43. The van der Waals surface area contributed by atoms with Crippen molar-refractivity contribution in [1.82, 2.24) is 29.4 Å². The van der Waals surface area contributed by atoms with E-state index in [4.69, 9.17) is 83.8 Å². The Morgan fingerprint density at radius 2 is 0.879 bits per heavy atom. The first-order valence-corrected chi connectivity index (χ1v) is 37.5. The number of carbonyl (C=O) groups excluding carboxylic acids is 1. The Balaban J connectivity index is 0.000000174. The first-order chi connectivity index (χ1) is 47.7. The van der Waals surface area contributed by atoms with Crippen LogP contribution in [0.3, 0.4) is 0 Å². The number of Topliss-reactive ketones (excluding diaryl/α,β-unsaturated/α-hetero) is 1. The molecule has 0 saturated carbocycles. The summed E-state index contributed by atoms with van der Waals surface area (Å²) in [5.74, 6) is 2.51. The third-order valence-electron chi connectivity index (χ3n) is 20.8. The van der Waals surface area contributed by atoms with Crippen molar-refractivity contribution in [3.8, 4) is 17.2 Å². The number of hydrogen-bond donors (Lipinski definition) is 2. The topological polar surface area (TPSA) is 139 Å². The van der Waals surface area contributed by atoms with Gasteiger partial charge < -0.3 is 39.1 Å². The molecule has 0 aromatic heterocycles. The van der Waals surface area contributed by atoms with Crippen LogP contribution in [0.2, 0.25) is 30.1 Å². The van der Waals surface area contributed by atoms with Crippen molar-refractivity contribution in [2.24, 2.45) is 17.8 Å². The Hall–Kier alpha value is -5.24. The summed E-state index contributed by atoms with van der Waals surface area (Å²) in [6, 6.07) is 39.5. The van der Waals surface area contributed by atoms with Gasteiger partial charge in [-0.1, -0.05) is 130 Å². The van der Waals surface area contributed by atoms with Crippen LogP contribution in [0.5, 0.6) is 17.2 Å². The molecule has 6 fully saturated rings. The highest BCUT2D eigenvalue weighted by Gasteiger charge is 2.42. The quantitative estimate of drug-likeness (QED) is 0.0623. The van der Waals surface area contributed by atoms with Crippen LogP contribution in [0.25, 0.3) is 0 Å². The number of carboxylic acids is 2. The van der Waals surface area contributed by atoms with Crippen LogP contribution < -0.4 is 14.2 Å². The summed E-state index contributed by atoms with van der Waals surface area (Å²) >= 11 is 36.2. The second kappa shape index (κ2) is 37.3. The van der Waals surface area contributed by atoms with E-state index in [0.717, 1.165) is 202 Å². The zero-order valence-electron chi connectivity index (χ0n) is 56.9. The molecular weight excluding hydrogens is 1380 g/mol. The SMILES string of the molecule is CC(=O)c1cccc(CN2CCC(CN3CCC(Oc4ccc(Cl)c(Cl)c4)CC3)CC2)c1.C[C@](Cc1ccc(F)cc1)(C(=O)O)N1CCC(CN2CCC(Oc3ccc(Cl)c(Cl)c3)CC2)CC1.O=C(O)C(c1ccccc1)N1CCC(CN2CCC(Oc3ccc(Cl)c(Cl)c3)CC2)CC1.[HH]. The van der Waals surface area contributed by atoms with E-state index in [1.54, 1.807) is 62.4 Å². The van der Waals surface area contributed by atoms with Crippen LogP contribution >= 0.6 is 69.6 Å². The molecular formula is C78H97Cl6FN6O8. The molecule has 2 atom stereocenters. The first-order valence-electron chi connectivity index (χ1n) is 35.3. The van der Waals surface area contributed by atoms with Gasteiger partial charge in [0.15, 0.2) is 5.78 Å². The number of carboxylic acid groups (broad SMARTS) is 2. The Morgan fingerprint density at radius 3 is 1.27 bits per heavy atom. The zero-order chi connectivity index (χ0) is 70.0. The highest BCUT2D eigenvalue weighted by Crippen LogP contribution is 2.35. The van der Waals surface area contributed by atoms with Crippen molar-refractivity contribution in [2.75, 3.05) is 98.2 Å². The lowest BCUT2D eigenvalue weighted by Crippen LogP contribution is -2.57. The summed E-state index contributed by atoms with van der Waals surface area (Å²) in [5.41, 5.74) is 2.75. The third kappa shape index (κ3) is 22.9. The summed E-state index contributed by atoms with van der Waals surface area (Å²) < 4.78 is 31.6. The molecule has 6 aromatic rings. The number of benzene rings is 6. The van der Waals surface area contributed by atoms with Gasteiger partial charge in [0.05, 0.1) is 30.1 Å². The standard InChI is InChI=1S/C27H33Cl2FN2O3.C26H32Cl2N2O2.C25H30Cl2N2O3.H2/c1-27(26(33)34,17-19-2-4-21(30)5-3-19)32-14-8-20(9-15-32)18-31-12-10-22(11-13-31)35-23-6-7-24(28)25(29)16-23;1-19(31)22-4-2-3-21(15-22)18-29-11-7-20(8-12-29)17-30-13-9-23(10-14-30)32-24-5-6-25(27)26(28)16-24;26-22-7-6-21(16-23(22)27)32-20-10-12-28(13-11-20)17-18-8-14-29(15-9-18)24(25(30)31)19-4-2-1-3-5-19;/h2-7,16,20,22H,8-15,17-18H2,1H3,(H,33,34);2-6,15-16,20,23H,7-14,17-18H2,1H3;1-7,16,18,20,24H,8-15,17H2,(H,30,31);1H/t27-;;;/m0.../s1. The van der Waals surface area contributed by atoms with Crippen molar-refractivity contribution in [3.05, 3.63) is 192 Å². The van der Waals surface area contributed by atoms with Crippen LogP contribution in [-0.2, 0) is 22.6 Å². The zero-order valence-corrected chi connectivity index (χ0v) is 61.5. The van der Waals surface area contributed by atoms with Crippen LogP contribution in [0, 0.1) is 23.6 Å².